The number of methoxy groups -OCH3 is 1. The first-order valence-corrected chi connectivity index (χ1v) is 6.08. The van der Waals surface area contributed by atoms with Gasteiger partial charge in [-0.2, -0.15) is 0 Å². The molecule has 0 saturated heterocycles. The van der Waals surface area contributed by atoms with E-state index in [1.54, 1.807) is 7.11 Å². The zero-order valence-corrected chi connectivity index (χ0v) is 10.6. The van der Waals surface area contributed by atoms with Gasteiger partial charge in [-0.25, -0.2) is 0 Å². The van der Waals surface area contributed by atoms with Gasteiger partial charge in [-0.05, 0) is 18.4 Å². The minimum Gasteiger partial charge on any atom is -0.384 e. The van der Waals surface area contributed by atoms with Gasteiger partial charge < -0.3 is 10.1 Å². The van der Waals surface area contributed by atoms with Crippen LogP contribution in [0.3, 0.4) is 0 Å². The number of anilines is 1. The number of hydrogen-bond donors (Lipinski definition) is 1. The Kier molecular flexibility index (Phi) is 5.94. The summed E-state index contributed by atoms with van der Waals surface area (Å²) in [6, 6.07) is 8.34. The molecule has 0 radical (unpaired) electrons. The predicted octanol–water partition coefficient (Wildman–Crippen LogP) is 3.68. The Balaban J connectivity index is 2.52. The van der Waals surface area contributed by atoms with E-state index in [1.807, 2.05) is 0 Å². The van der Waals surface area contributed by atoms with Crippen molar-refractivity contribution in [3.8, 4) is 0 Å². The fourth-order valence-corrected chi connectivity index (χ4v) is 1.85. The predicted molar refractivity (Wildman–Crippen MR) is 69.7 cm³/mol. The van der Waals surface area contributed by atoms with Crippen molar-refractivity contribution in [1.29, 1.82) is 0 Å². The van der Waals surface area contributed by atoms with Gasteiger partial charge in [0.1, 0.15) is 0 Å². The van der Waals surface area contributed by atoms with E-state index in [-0.39, 0.29) is 0 Å². The lowest BCUT2D eigenvalue weighted by Crippen LogP contribution is -2.12. The molecule has 0 saturated carbocycles. The number of benzene rings is 1. The number of ether oxygens (including phenoxy) is 1. The van der Waals surface area contributed by atoms with E-state index >= 15 is 0 Å². The first-order valence-electron chi connectivity index (χ1n) is 6.08. The van der Waals surface area contributed by atoms with Crippen LogP contribution in [0.2, 0.25) is 0 Å². The summed E-state index contributed by atoms with van der Waals surface area (Å²) in [4.78, 5) is 0. The first-order chi connectivity index (χ1) is 7.77. The second-order valence-corrected chi connectivity index (χ2v) is 4.36. The van der Waals surface area contributed by atoms with Crippen LogP contribution in [-0.4, -0.2) is 13.7 Å². The van der Waals surface area contributed by atoms with Crippen LogP contribution in [-0.2, 0) is 11.3 Å². The Bertz CT molecular complexity index is 299. The Morgan fingerprint density at radius 2 is 2.06 bits per heavy atom. The summed E-state index contributed by atoms with van der Waals surface area (Å²) in [6.45, 7) is 6.23. The van der Waals surface area contributed by atoms with E-state index in [0.29, 0.717) is 6.61 Å². The second-order valence-electron chi connectivity index (χ2n) is 4.36. The molecule has 0 aliphatic carbocycles. The lowest BCUT2D eigenvalue weighted by Gasteiger charge is -2.15. The van der Waals surface area contributed by atoms with Crippen molar-refractivity contribution in [2.75, 3.05) is 19.0 Å². The van der Waals surface area contributed by atoms with Gasteiger partial charge in [0, 0.05) is 24.9 Å². The smallest absolute Gasteiger partial charge is 0.0733 e. The van der Waals surface area contributed by atoms with E-state index in [9.17, 15) is 0 Å². The molecule has 0 heterocycles. The van der Waals surface area contributed by atoms with E-state index in [1.165, 1.54) is 24.1 Å². The van der Waals surface area contributed by atoms with Gasteiger partial charge >= 0.3 is 0 Å². The van der Waals surface area contributed by atoms with E-state index < -0.39 is 0 Å². The maximum atomic E-state index is 5.18. The normalized spacial score (nSPS) is 12.4. The molecule has 2 nitrogen and oxygen atoms in total. The highest BCUT2D eigenvalue weighted by molar-refractivity contribution is 5.50. The van der Waals surface area contributed by atoms with Gasteiger partial charge in [0.25, 0.3) is 0 Å². The Morgan fingerprint density at radius 3 is 2.75 bits per heavy atom. The fourth-order valence-electron chi connectivity index (χ4n) is 1.85. The van der Waals surface area contributed by atoms with Gasteiger partial charge in [-0.15, -0.1) is 0 Å². The minimum atomic E-state index is 0.672. The monoisotopic (exact) mass is 221 g/mol. The third-order valence-corrected chi connectivity index (χ3v) is 2.74. The maximum absolute atomic E-state index is 5.18. The molecule has 0 amide bonds. The quantitative estimate of drug-likeness (QED) is 0.758. The topological polar surface area (TPSA) is 21.3 Å². The third-order valence-electron chi connectivity index (χ3n) is 2.74. The van der Waals surface area contributed by atoms with E-state index in [0.717, 1.165) is 12.5 Å². The molecule has 2 heteroatoms. The van der Waals surface area contributed by atoms with Crippen LogP contribution >= 0.6 is 0 Å². The average molecular weight is 221 g/mol. The summed E-state index contributed by atoms with van der Waals surface area (Å²) in [5.41, 5.74) is 2.43. The number of para-hydroxylation sites is 1. The van der Waals surface area contributed by atoms with Crippen molar-refractivity contribution < 1.29 is 4.74 Å². The fraction of sp³-hybridized carbons (Fsp3) is 0.571. The maximum Gasteiger partial charge on any atom is 0.0733 e. The summed E-state index contributed by atoms with van der Waals surface area (Å²) >= 11 is 0. The summed E-state index contributed by atoms with van der Waals surface area (Å²) in [5, 5.41) is 3.50. The van der Waals surface area contributed by atoms with Crippen molar-refractivity contribution in [3.63, 3.8) is 0 Å². The molecule has 1 aromatic rings. The first kappa shape index (κ1) is 13.0. The molecule has 16 heavy (non-hydrogen) atoms. The Labute approximate surface area is 99.0 Å². The van der Waals surface area contributed by atoms with Crippen LogP contribution in [0.4, 0.5) is 5.69 Å². The average Bonchev–Trinajstić information content (AvgIpc) is 2.29. The lowest BCUT2D eigenvalue weighted by atomic mass is 10.1. The molecule has 90 valence electrons. The SMILES string of the molecule is CCCC(C)CNc1ccccc1COC. The highest BCUT2D eigenvalue weighted by atomic mass is 16.5. The molecule has 1 N–H and O–H groups in total. The van der Waals surface area contributed by atoms with Gasteiger partial charge in [-0.3, -0.25) is 0 Å². The molecular formula is C14H23NO. The summed E-state index contributed by atoms with van der Waals surface area (Å²) in [7, 11) is 1.73. The van der Waals surface area contributed by atoms with Crippen molar-refractivity contribution in [2.45, 2.75) is 33.3 Å². The van der Waals surface area contributed by atoms with Crippen molar-refractivity contribution in [1.82, 2.24) is 0 Å². The highest BCUT2D eigenvalue weighted by Crippen LogP contribution is 2.17. The zero-order valence-electron chi connectivity index (χ0n) is 10.6. The zero-order chi connectivity index (χ0) is 11.8. The molecule has 1 rings (SSSR count). The van der Waals surface area contributed by atoms with Crippen LogP contribution < -0.4 is 5.32 Å². The number of nitrogens with one attached hydrogen (secondary N) is 1. The van der Waals surface area contributed by atoms with Gasteiger partial charge in [0.15, 0.2) is 0 Å². The molecule has 0 spiro atoms. The third kappa shape index (κ3) is 4.23. The summed E-state index contributed by atoms with van der Waals surface area (Å²) < 4.78 is 5.18. The van der Waals surface area contributed by atoms with Crippen LogP contribution in [0.5, 0.6) is 0 Å². The molecular weight excluding hydrogens is 198 g/mol. The lowest BCUT2D eigenvalue weighted by molar-refractivity contribution is 0.185. The van der Waals surface area contributed by atoms with Crippen LogP contribution in [0, 0.1) is 5.92 Å². The number of rotatable bonds is 7. The minimum absolute atomic E-state index is 0.672. The van der Waals surface area contributed by atoms with Crippen molar-refractivity contribution in [3.05, 3.63) is 29.8 Å². The molecule has 0 aromatic heterocycles. The van der Waals surface area contributed by atoms with Gasteiger partial charge in [0.05, 0.1) is 6.61 Å². The Hall–Kier alpha value is -1.02. The molecule has 1 atom stereocenters. The molecule has 0 bridgehead atoms. The highest BCUT2D eigenvalue weighted by Gasteiger charge is 2.03. The van der Waals surface area contributed by atoms with E-state index in [4.69, 9.17) is 4.74 Å². The Morgan fingerprint density at radius 1 is 1.31 bits per heavy atom. The summed E-state index contributed by atoms with van der Waals surface area (Å²) in [5.74, 6) is 0.723. The largest absolute Gasteiger partial charge is 0.384 e. The van der Waals surface area contributed by atoms with Crippen LogP contribution in [0.1, 0.15) is 32.3 Å². The molecule has 0 aliphatic heterocycles. The molecule has 1 unspecified atom stereocenters. The van der Waals surface area contributed by atoms with E-state index in [2.05, 4.69) is 43.4 Å². The van der Waals surface area contributed by atoms with Crippen molar-refractivity contribution in [2.24, 2.45) is 5.92 Å². The molecule has 1 aromatic carbocycles. The standard InChI is InChI=1S/C14H23NO/c1-4-7-12(2)10-15-14-9-6-5-8-13(14)11-16-3/h5-6,8-9,12,15H,4,7,10-11H2,1-3H3. The van der Waals surface area contributed by atoms with Crippen LogP contribution in [0.15, 0.2) is 24.3 Å². The molecule has 0 aliphatic rings. The summed E-state index contributed by atoms with van der Waals surface area (Å²) in [6.07, 6.45) is 2.53. The van der Waals surface area contributed by atoms with Gasteiger partial charge in [-0.1, -0.05) is 38.5 Å². The van der Waals surface area contributed by atoms with Gasteiger partial charge in [0.2, 0.25) is 0 Å². The second kappa shape index (κ2) is 7.29. The number of hydrogen-bond acceptors (Lipinski definition) is 2. The van der Waals surface area contributed by atoms with Crippen LogP contribution in [0.25, 0.3) is 0 Å². The van der Waals surface area contributed by atoms with Crippen molar-refractivity contribution >= 4 is 5.69 Å². The molecule has 0 fully saturated rings.